The van der Waals surface area contributed by atoms with Crippen LogP contribution in [0, 0.1) is 0 Å². The second-order valence-electron chi connectivity index (χ2n) is 5.25. The van der Waals surface area contributed by atoms with Gasteiger partial charge in [0.15, 0.2) is 0 Å². The van der Waals surface area contributed by atoms with Crippen LogP contribution in [-0.2, 0) is 19.1 Å². The number of methoxy groups -OCH3 is 2. The average molecular weight is 432 g/mol. The number of ether oxygens (including phenoxy) is 2. The fourth-order valence-corrected chi connectivity index (χ4v) is 2.64. The molecule has 0 aromatic rings. The van der Waals surface area contributed by atoms with Gasteiger partial charge in [-0.15, -0.1) is 12.4 Å². The van der Waals surface area contributed by atoms with Gasteiger partial charge >= 0.3 is 11.9 Å². The summed E-state index contributed by atoms with van der Waals surface area (Å²) < 4.78 is 9.22. The third kappa shape index (κ3) is 9.81. The lowest BCUT2D eigenvalue weighted by atomic mass is 10.2. The molecule has 2 fully saturated rings. The highest BCUT2D eigenvalue weighted by atomic mass is 79.9. The van der Waals surface area contributed by atoms with Gasteiger partial charge in [0, 0.05) is 5.33 Å². The number of carbonyl (C=O) groups excluding carboxylic acids is 2. The summed E-state index contributed by atoms with van der Waals surface area (Å²) >= 11 is 3.15. The number of likely N-dealkylation sites (N-methyl/N-ethyl adjacent to an activating group) is 1. The van der Waals surface area contributed by atoms with Gasteiger partial charge in [-0.25, -0.2) is 0 Å². The number of carbonyl (C=O) groups is 2. The highest BCUT2D eigenvalue weighted by Crippen LogP contribution is 2.17. The molecule has 0 spiro atoms. The summed E-state index contributed by atoms with van der Waals surface area (Å²) in [6.45, 7) is 7.04. The van der Waals surface area contributed by atoms with Crippen LogP contribution in [0.2, 0.25) is 0 Å². The number of nitrogens with zero attached hydrogens (tertiary/aromatic N) is 1. The van der Waals surface area contributed by atoms with Crippen molar-refractivity contribution in [3.05, 3.63) is 0 Å². The van der Waals surface area contributed by atoms with Crippen molar-refractivity contribution in [2.75, 3.05) is 39.2 Å². The molecule has 2 aliphatic heterocycles. The molecular formula is C16H32BrClN2O4. The van der Waals surface area contributed by atoms with Crippen LogP contribution in [-0.4, -0.2) is 68.1 Å². The summed E-state index contributed by atoms with van der Waals surface area (Å²) in [7, 11) is 2.87. The first-order chi connectivity index (χ1) is 11.0. The maximum atomic E-state index is 11.1. The number of esters is 2. The number of rotatable bonds is 3. The molecule has 24 heavy (non-hydrogen) atoms. The second kappa shape index (κ2) is 16.1. The molecule has 2 unspecified atom stereocenters. The van der Waals surface area contributed by atoms with E-state index in [1.54, 1.807) is 0 Å². The summed E-state index contributed by atoms with van der Waals surface area (Å²) in [6, 6.07) is -0.000000000000000666. The second-order valence-corrected chi connectivity index (χ2v) is 6.37. The van der Waals surface area contributed by atoms with E-state index in [0.29, 0.717) is 0 Å². The average Bonchev–Trinajstić information content (AvgIpc) is 3.25. The van der Waals surface area contributed by atoms with Crippen LogP contribution in [0.25, 0.3) is 0 Å². The Balaban J connectivity index is 0. The highest BCUT2D eigenvalue weighted by molar-refractivity contribution is 9.09. The Bertz CT molecular complexity index is 342. The van der Waals surface area contributed by atoms with E-state index in [4.69, 9.17) is 0 Å². The minimum atomic E-state index is -0.132. The van der Waals surface area contributed by atoms with E-state index in [9.17, 15) is 9.59 Å². The summed E-state index contributed by atoms with van der Waals surface area (Å²) in [5.74, 6) is -0.211. The normalized spacial score (nSPS) is 22.2. The minimum absolute atomic E-state index is 0. The SMILES string of the molecule is CCBr.CCN1CCCC1C(=O)OC.COC(=O)C1CCCN1.Cl. The molecule has 144 valence electrons. The molecule has 2 rings (SSSR count). The zero-order valence-electron chi connectivity index (χ0n) is 15.2. The van der Waals surface area contributed by atoms with Gasteiger partial charge in [-0.1, -0.05) is 29.8 Å². The molecule has 0 saturated carbocycles. The van der Waals surface area contributed by atoms with Gasteiger partial charge in [-0.05, 0) is 45.3 Å². The van der Waals surface area contributed by atoms with E-state index < -0.39 is 0 Å². The van der Waals surface area contributed by atoms with Crippen molar-refractivity contribution in [3.8, 4) is 0 Å². The van der Waals surface area contributed by atoms with Crippen molar-refractivity contribution in [1.29, 1.82) is 0 Å². The van der Waals surface area contributed by atoms with Gasteiger partial charge < -0.3 is 14.8 Å². The van der Waals surface area contributed by atoms with Crippen molar-refractivity contribution in [2.24, 2.45) is 0 Å². The molecule has 0 aliphatic carbocycles. The molecule has 0 aromatic heterocycles. The highest BCUT2D eigenvalue weighted by Gasteiger charge is 2.29. The number of nitrogens with one attached hydrogen (secondary N) is 1. The molecule has 0 radical (unpaired) electrons. The number of halogens is 2. The van der Waals surface area contributed by atoms with Crippen LogP contribution in [0.4, 0.5) is 0 Å². The molecule has 0 bridgehead atoms. The molecule has 2 saturated heterocycles. The van der Waals surface area contributed by atoms with E-state index in [1.807, 2.05) is 6.92 Å². The molecular weight excluding hydrogens is 400 g/mol. The van der Waals surface area contributed by atoms with Crippen molar-refractivity contribution in [1.82, 2.24) is 10.2 Å². The van der Waals surface area contributed by atoms with Crippen molar-refractivity contribution < 1.29 is 19.1 Å². The topological polar surface area (TPSA) is 67.9 Å². The van der Waals surface area contributed by atoms with E-state index in [-0.39, 0.29) is 36.4 Å². The van der Waals surface area contributed by atoms with Gasteiger partial charge in [-0.2, -0.15) is 0 Å². The van der Waals surface area contributed by atoms with Crippen LogP contribution < -0.4 is 5.32 Å². The maximum absolute atomic E-state index is 11.1. The van der Waals surface area contributed by atoms with E-state index >= 15 is 0 Å². The molecule has 2 aliphatic rings. The van der Waals surface area contributed by atoms with Crippen LogP contribution in [0.5, 0.6) is 0 Å². The van der Waals surface area contributed by atoms with Crippen LogP contribution in [0.1, 0.15) is 39.5 Å². The van der Waals surface area contributed by atoms with E-state index in [0.717, 1.165) is 50.6 Å². The Morgan fingerprint density at radius 2 is 1.71 bits per heavy atom. The Morgan fingerprint density at radius 3 is 2.12 bits per heavy atom. The lowest BCUT2D eigenvalue weighted by molar-refractivity contribution is -0.145. The molecule has 1 N–H and O–H groups in total. The molecule has 0 aromatic carbocycles. The van der Waals surface area contributed by atoms with Crippen molar-refractivity contribution >= 4 is 40.3 Å². The predicted octanol–water partition coefficient (Wildman–Crippen LogP) is 2.38. The summed E-state index contributed by atoms with van der Waals surface area (Å²) in [5.41, 5.74) is 0. The van der Waals surface area contributed by atoms with Gasteiger partial charge in [0.25, 0.3) is 0 Å². The van der Waals surface area contributed by atoms with E-state index in [1.165, 1.54) is 14.2 Å². The lowest BCUT2D eigenvalue weighted by Crippen LogP contribution is -2.36. The third-order valence-corrected chi connectivity index (χ3v) is 3.79. The Labute approximate surface area is 160 Å². The van der Waals surface area contributed by atoms with Crippen molar-refractivity contribution in [2.45, 2.75) is 51.6 Å². The fraction of sp³-hybridized carbons (Fsp3) is 0.875. The van der Waals surface area contributed by atoms with Gasteiger partial charge in [0.1, 0.15) is 12.1 Å². The maximum Gasteiger partial charge on any atom is 0.323 e. The van der Waals surface area contributed by atoms with Crippen LogP contribution >= 0.6 is 28.3 Å². The summed E-state index contributed by atoms with van der Waals surface area (Å²) in [6.07, 6.45) is 4.08. The number of alkyl halides is 1. The number of hydrogen-bond acceptors (Lipinski definition) is 6. The smallest absolute Gasteiger partial charge is 0.323 e. The molecule has 2 atom stereocenters. The van der Waals surface area contributed by atoms with E-state index in [2.05, 4.69) is 42.5 Å². The molecule has 6 nitrogen and oxygen atoms in total. The Morgan fingerprint density at radius 1 is 1.12 bits per heavy atom. The quantitative estimate of drug-likeness (QED) is 0.546. The summed E-state index contributed by atoms with van der Waals surface area (Å²) in [4.78, 5) is 24.0. The number of likely N-dealkylation sites (tertiary alicyclic amines) is 1. The number of hydrogen-bond donors (Lipinski definition) is 1. The van der Waals surface area contributed by atoms with Gasteiger partial charge in [0.2, 0.25) is 0 Å². The Hall–Kier alpha value is -0.370. The molecule has 8 heteroatoms. The first-order valence-electron chi connectivity index (χ1n) is 8.24. The van der Waals surface area contributed by atoms with Gasteiger partial charge in [0.05, 0.1) is 14.2 Å². The van der Waals surface area contributed by atoms with Crippen LogP contribution in [0.15, 0.2) is 0 Å². The summed E-state index contributed by atoms with van der Waals surface area (Å²) in [5, 5.41) is 4.10. The zero-order chi connectivity index (χ0) is 17.7. The minimum Gasteiger partial charge on any atom is -0.468 e. The van der Waals surface area contributed by atoms with Crippen molar-refractivity contribution in [3.63, 3.8) is 0 Å². The first-order valence-corrected chi connectivity index (χ1v) is 9.36. The fourth-order valence-electron chi connectivity index (χ4n) is 2.64. The van der Waals surface area contributed by atoms with Crippen LogP contribution in [0.3, 0.4) is 0 Å². The zero-order valence-corrected chi connectivity index (χ0v) is 17.6. The third-order valence-electron chi connectivity index (χ3n) is 3.79. The molecule has 0 amide bonds. The Kier molecular flexibility index (Phi) is 17.4. The predicted molar refractivity (Wildman–Crippen MR) is 102 cm³/mol. The molecule has 2 heterocycles. The first kappa shape index (κ1) is 25.9. The largest absolute Gasteiger partial charge is 0.468 e. The standard InChI is InChI=1S/C8H15NO2.C6H11NO2.C2H5Br.ClH/c1-3-9-6-4-5-7(9)8(10)11-2;1-9-6(8)5-3-2-4-7-5;1-2-3;/h7H,3-6H2,1-2H3;5,7H,2-4H2,1H3;2H2,1H3;1H. The van der Waals surface area contributed by atoms with Gasteiger partial charge in [-0.3, -0.25) is 14.5 Å². The lowest BCUT2D eigenvalue weighted by Gasteiger charge is -2.19. The monoisotopic (exact) mass is 430 g/mol.